The Hall–Kier alpha value is -1.65. The van der Waals surface area contributed by atoms with E-state index < -0.39 is 5.60 Å². The molecular weight excluding hydrogens is 286 g/mol. The maximum Gasteiger partial charge on any atom is 0.137 e. The van der Waals surface area contributed by atoms with Crippen LogP contribution in [0.3, 0.4) is 0 Å². The van der Waals surface area contributed by atoms with E-state index in [1.165, 1.54) is 6.33 Å². The number of nitrogens with zero attached hydrogens (tertiary/aromatic N) is 3. The molecule has 21 heavy (non-hydrogen) atoms. The Bertz CT molecular complexity index is 636. The lowest BCUT2D eigenvalue weighted by atomic mass is 9.88. The van der Waals surface area contributed by atoms with Gasteiger partial charge in [0.15, 0.2) is 0 Å². The highest BCUT2D eigenvalue weighted by atomic mass is 35.5. The summed E-state index contributed by atoms with van der Waals surface area (Å²) in [7, 11) is 0. The second kappa shape index (κ2) is 5.62. The molecule has 2 unspecified atom stereocenters. The van der Waals surface area contributed by atoms with Gasteiger partial charge in [-0.2, -0.15) is 5.10 Å². The first kappa shape index (κ1) is 14.3. The van der Waals surface area contributed by atoms with Gasteiger partial charge in [0.1, 0.15) is 18.3 Å². The molecule has 0 amide bonds. The molecule has 1 aliphatic rings. The maximum atomic E-state index is 11.1. The molecule has 2 atom stereocenters. The molecule has 1 aromatic heterocycles. The van der Waals surface area contributed by atoms with Gasteiger partial charge in [-0.05, 0) is 42.0 Å². The van der Waals surface area contributed by atoms with Crippen molar-refractivity contribution in [2.45, 2.75) is 31.9 Å². The molecule has 3 rings (SSSR count). The molecule has 0 radical (unpaired) electrons. The van der Waals surface area contributed by atoms with Crippen molar-refractivity contribution in [2.75, 3.05) is 0 Å². The lowest BCUT2D eigenvalue weighted by molar-refractivity contribution is 0.0234. The van der Waals surface area contributed by atoms with Gasteiger partial charge >= 0.3 is 0 Å². The van der Waals surface area contributed by atoms with Crippen LogP contribution in [0, 0.1) is 5.92 Å². The van der Waals surface area contributed by atoms with Crippen LogP contribution < -0.4 is 0 Å². The van der Waals surface area contributed by atoms with E-state index in [1.807, 2.05) is 24.3 Å². The molecule has 4 nitrogen and oxygen atoms in total. The second-order valence-electron chi connectivity index (χ2n) is 5.68. The third kappa shape index (κ3) is 2.87. The van der Waals surface area contributed by atoms with Crippen LogP contribution in [0.1, 0.15) is 25.3 Å². The molecule has 0 saturated heterocycles. The number of benzene rings is 1. The summed E-state index contributed by atoms with van der Waals surface area (Å²) in [4.78, 5) is 3.95. The van der Waals surface area contributed by atoms with Crippen molar-refractivity contribution in [1.29, 1.82) is 0 Å². The summed E-state index contributed by atoms with van der Waals surface area (Å²) in [6, 6.07) is 7.66. The molecule has 2 aromatic rings. The minimum absolute atomic E-state index is 0.195. The Kier molecular flexibility index (Phi) is 3.83. The van der Waals surface area contributed by atoms with E-state index in [9.17, 15) is 5.11 Å². The summed E-state index contributed by atoms with van der Waals surface area (Å²) in [6.45, 7) is 2.52. The molecule has 5 heteroatoms. The summed E-state index contributed by atoms with van der Waals surface area (Å²) < 4.78 is 1.69. The van der Waals surface area contributed by atoms with Crippen molar-refractivity contribution in [3.05, 3.63) is 53.1 Å². The molecule has 1 fully saturated rings. The Balaban J connectivity index is 1.91. The van der Waals surface area contributed by atoms with Crippen LogP contribution in [0.5, 0.6) is 0 Å². The van der Waals surface area contributed by atoms with Crippen LogP contribution in [0.25, 0.3) is 6.08 Å². The fourth-order valence-electron chi connectivity index (χ4n) is 2.92. The summed E-state index contributed by atoms with van der Waals surface area (Å²) in [6.07, 6.45) is 7.07. The van der Waals surface area contributed by atoms with Gasteiger partial charge in [0.05, 0.1) is 6.54 Å². The SMILES string of the molecule is CC1CC/C(=C/c2ccc(Cl)cc2)C1(O)Cn1cncn1. The standard InChI is InChI=1S/C16H18ClN3O/c1-12-2-5-14(8-13-3-6-15(17)7-4-13)16(12,21)9-20-11-18-10-19-20/h3-4,6-8,10-12,21H,2,5,9H2,1H3/b14-8-. The van der Waals surface area contributed by atoms with Crippen LogP contribution >= 0.6 is 11.6 Å². The van der Waals surface area contributed by atoms with Crippen LogP contribution in [-0.4, -0.2) is 25.5 Å². The van der Waals surface area contributed by atoms with Crippen molar-refractivity contribution < 1.29 is 5.11 Å². The molecule has 1 saturated carbocycles. The topological polar surface area (TPSA) is 50.9 Å². The zero-order valence-electron chi connectivity index (χ0n) is 11.9. The van der Waals surface area contributed by atoms with Crippen LogP contribution in [0.4, 0.5) is 0 Å². The van der Waals surface area contributed by atoms with Crippen molar-refractivity contribution >= 4 is 17.7 Å². The third-order valence-electron chi connectivity index (χ3n) is 4.30. The van der Waals surface area contributed by atoms with Crippen LogP contribution in [-0.2, 0) is 6.54 Å². The summed E-state index contributed by atoms with van der Waals surface area (Å²) in [5, 5.41) is 16.0. The zero-order valence-corrected chi connectivity index (χ0v) is 12.7. The van der Waals surface area contributed by atoms with E-state index in [0.717, 1.165) is 29.0 Å². The molecule has 1 aromatic carbocycles. The number of aromatic nitrogens is 3. The van der Waals surface area contributed by atoms with E-state index in [2.05, 4.69) is 23.1 Å². The van der Waals surface area contributed by atoms with E-state index in [0.29, 0.717) is 6.54 Å². The number of halogens is 1. The zero-order chi connectivity index (χ0) is 14.9. The molecule has 0 aliphatic heterocycles. The highest BCUT2D eigenvalue weighted by Crippen LogP contribution is 2.42. The van der Waals surface area contributed by atoms with E-state index in [1.54, 1.807) is 11.0 Å². The summed E-state index contributed by atoms with van der Waals surface area (Å²) >= 11 is 5.91. The predicted octanol–water partition coefficient (Wildman–Crippen LogP) is 3.18. The smallest absolute Gasteiger partial charge is 0.137 e. The molecule has 0 spiro atoms. The quantitative estimate of drug-likeness (QED) is 0.947. The van der Waals surface area contributed by atoms with Gasteiger partial charge in [0, 0.05) is 5.02 Å². The Morgan fingerprint density at radius 2 is 2.19 bits per heavy atom. The first-order chi connectivity index (χ1) is 10.1. The van der Waals surface area contributed by atoms with Gasteiger partial charge in [0.2, 0.25) is 0 Å². The monoisotopic (exact) mass is 303 g/mol. The highest BCUT2D eigenvalue weighted by molar-refractivity contribution is 6.30. The van der Waals surface area contributed by atoms with Crippen molar-refractivity contribution in [2.24, 2.45) is 5.92 Å². The second-order valence-corrected chi connectivity index (χ2v) is 6.11. The number of hydrogen-bond donors (Lipinski definition) is 1. The average molecular weight is 304 g/mol. The lowest BCUT2D eigenvalue weighted by Gasteiger charge is -2.29. The van der Waals surface area contributed by atoms with Gasteiger partial charge in [-0.15, -0.1) is 0 Å². The molecule has 1 N–H and O–H groups in total. The van der Waals surface area contributed by atoms with Crippen LogP contribution in [0.15, 0.2) is 42.5 Å². The van der Waals surface area contributed by atoms with Gasteiger partial charge in [-0.3, -0.25) is 0 Å². The minimum Gasteiger partial charge on any atom is -0.383 e. The van der Waals surface area contributed by atoms with Crippen molar-refractivity contribution in [3.8, 4) is 0 Å². The van der Waals surface area contributed by atoms with E-state index in [4.69, 9.17) is 11.6 Å². The predicted molar refractivity (Wildman–Crippen MR) is 82.8 cm³/mol. The average Bonchev–Trinajstić information content (AvgIpc) is 3.05. The van der Waals surface area contributed by atoms with Gasteiger partial charge < -0.3 is 5.11 Å². The van der Waals surface area contributed by atoms with Crippen molar-refractivity contribution in [3.63, 3.8) is 0 Å². The largest absolute Gasteiger partial charge is 0.383 e. The molecule has 110 valence electrons. The van der Waals surface area contributed by atoms with Gasteiger partial charge in [0.25, 0.3) is 0 Å². The Labute approximate surface area is 129 Å². The number of aliphatic hydroxyl groups is 1. The van der Waals surface area contributed by atoms with E-state index in [-0.39, 0.29) is 5.92 Å². The van der Waals surface area contributed by atoms with Crippen molar-refractivity contribution in [1.82, 2.24) is 14.8 Å². The molecular formula is C16H18ClN3O. The lowest BCUT2D eigenvalue weighted by Crippen LogP contribution is -2.38. The Morgan fingerprint density at radius 3 is 2.86 bits per heavy atom. The molecule has 1 aliphatic carbocycles. The van der Waals surface area contributed by atoms with Gasteiger partial charge in [-0.25, -0.2) is 9.67 Å². The third-order valence-corrected chi connectivity index (χ3v) is 4.55. The minimum atomic E-state index is -0.868. The number of rotatable bonds is 3. The first-order valence-corrected chi connectivity index (χ1v) is 7.47. The fraction of sp³-hybridized carbons (Fsp3) is 0.375. The van der Waals surface area contributed by atoms with Crippen LogP contribution in [0.2, 0.25) is 5.02 Å². The highest BCUT2D eigenvalue weighted by Gasteiger charge is 2.43. The first-order valence-electron chi connectivity index (χ1n) is 7.09. The van der Waals surface area contributed by atoms with Gasteiger partial charge in [-0.1, -0.05) is 36.7 Å². The summed E-state index contributed by atoms with van der Waals surface area (Å²) in [5.74, 6) is 0.195. The normalized spacial score (nSPS) is 27.4. The summed E-state index contributed by atoms with van der Waals surface area (Å²) in [5.41, 5.74) is 1.24. The molecule has 0 bridgehead atoms. The Morgan fingerprint density at radius 1 is 1.43 bits per heavy atom. The van der Waals surface area contributed by atoms with E-state index >= 15 is 0 Å². The fourth-order valence-corrected chi connectivity index (χ4v) is 3.05. The molecule has 1 heterocycles. The maximum absolute atomic E-state index is 11.1. The number of hydrogen-bond acceptors (Lipinski definition) is 3.